The summed E-state index contributed by atoms with van der Waals surface area (Å²) in [5.41, 5.74) is 1.88. The van der Waals surface area contributed by atoms with E-state index in [9.17, 15) is 4.79 Å². The van der Waals surface area contributed by atoms with E-state index in [-0.39, 0.29) is 0 Å². The lowest BCUT2D eigenvalue weighted by molar-refractivity contribution is 0.557. The van der Waals surface area contributed by atoms with Crippen molar-refractivity contribution in [3.8, 4) is 0 Å². The van der Waals surface area contributed by atoms with Crippen molar-refractivity contribution >= 4 is 6.29 Å². The maximum Gasteiger partial charge on any atom is 0.229 e. The lowest BCUT2D eigenvalue weighted by atomic mass is 9.90. The molecule has 0 atom stereocenters. The summed E-state index contributed by atoms with van der Waals surface area (Å²) in [7, 11) is 0. The third-order valence-electron chi connectivity index (χ3n) is 1.40. The summed E-state index contributed by atoms with van der Waals surface area (Å²) in [6.07, 6.45) is 5.49. The summed E-state index contributed by atoms with van der Waals surface area (Å²) in [6.45, 7) is 3.54. The van der Waals surface area contributed by atoms with Gasteiger partial charge in [-0.25, -0.2) is 0 Å². The zero-order chi connectivity index (χ0) is 5.98. The number of hydrogen-bond donors (Lipinski definition) is 0. The van der Waals surface area contributed by atoms with Crippen LogP contribution in [-0.4, -0.2) is 6.29 Å². The highest BCUT2D eigenvalue weighted by Gasteiger charge is 2.12. The van der Waals surface area contributed by atoms with Gasteiger partial charge in [-0.1, -0.05) is 12.7 Å². The molecule has 0 aromatic carbocycles. The van der Waals surface area contributed by atoms with Crippen molar-refractivity contribution in [2.45, 2.75) is 12.8 Å². The fourth-order valence-electron chi connectivity index (χ4n) is 0.736. The number of allylic oxidation sites excluding steroid dienone is 3. The standard InChI is InChI=1S/C7H7O/c1-2-6-3-4-7(6)5-8/h2H,1,3-4H2. The van der Waals surface area contributed by atoms with Crippen LogP contribution in [0.25, 0.3) is 0 Å². The first kappa shape index (κ1) is 5.29. The van der Waals surface area contributed by atoms with Crippen molar-refractivity contribution in [2.24, 2.45) is 0 Å². The van der Waals surface area contributed by atoms with Crippen LogP contribution in [0.5, 0.6) is 0 Å². The van der Waals surface area contributed by atoms with Crippen molar-refractivity contribution in [1.29, 1.82) is 0 Å². The van der Waals surface area contributed by atoms with Gasteiger partial charge in [0.2, 0.25) is 6.29 Å². The second-order valence-corrected chi connectivity index (χ2v) is 1.81. The van der Waals surface area contributed by atoms with Crippen molar-refractivity contribution < 1.29 is 4.79 Å². The van der Waals surface area contributed by atoms with E-state index < -0.39 is 0 Å². The van der Waals surface area contributed by atoms with Gasteiger partial charge < -0.3 is 0 Å². The van der Waals surface area contributed by atoms with E-state index in [0.29, 0.717) is 0 Å². The summed E-state index contributed by atoms with van der Waals surface area (Å²) in [4.78, 5) is 9.93. The van der Waals surface area contributed by atoms with Gasteiger partial charge in [0.05, 0.1) is 0 Å². The van der Waals surface area contributed by atoms with Crippen molar-refractivity contribution in [3.05, 3.63) is 23.8 Å². The Morgan fingerprint density at radius 2 is 2.38 bits per heavy atom. The molecule has 1 nitrogen and oxygen atoms in total. The van der Waals surface area contributed by atoms with E-state index in [0.717, 1.165) is 24.0 Å². The molecule has 0 amide bonds. The molecule has 0 unspecified atom stereocenters. The predicted molar refractivity (Wildman–Crippen MR) is 32.2 cm³/mol. The van der Waals surface area contributed by atoms with Gasteiger partial charge in [-0.2, -0.15) is 0 Å². The summed E-state index contributed by atoms with van der Waals surface area (Å²) in [5, 5.41) is 0. The average Bonchev–Trinajstić information content (AvgIpc) is 1.66. The van der Waals surface area contributed by atoms with Crippen LogP contribution >= 0.6 is 0 Å². The fraction of sp³-hybridized carbons (Fsp3) is 0.286. The molecule has 0 aromatic heterocycles. The van der Waals surface area contributed by atoms with Crippen molar-refractivity contribution in [1.82, 2.24) is 0 Å². The molecule has 0 saturated heterocycles. The largest absolute Gasteiger partial charge is 0.285 e. The molecule has 0 saturated carbocycles. The highest BCUT2D eigenvalue weighted by atomic mass is 16.1. The molecule has 0 fully saturated rings. The van der Waals surface area contributed by atoms with Crippen LogP contribution in [0.3, 0.4) is 0 Å². The van der Waals surface area contributed by atoms with E-state index in [1.807, 2.05) is 6.29 Å². The first-order chi connectivity index (χ1) is 3.88. The molecule has 0 N–H and O–H groups in total. The molecule has 0 aromatic rings. The van der Waals surface area contributed by atoms with Crippen molar-refractivity contribution in [2.75, 3.05) is 0 Å². The van der Waals surface area contributed by atoms with Crippen molar-refractivity contribution in [3.63, 3.8) is 0 Å². The quantitative estimate of drug-likeness (QED) is 0.521. The lowest BCUT2D eigenvalue weighted by Crippen LogP contribution is -2.01. The smallest absolute Gasteiger partial charge is 0.229 e. The van der Waals surface area contributed by atoms with E-state index in [1.54, 1.807) is 6.08 Å². The first-order valence-electron chi connectivity index (χ1n) is 2.61. The predicted octanol–water partition coefficient (Wildman–Crippen LogP) is 1.37. The third kappa shape index (κ3) is 0.601. The molecule has 1 aliphatic carbocycles. The summed E-state index contributed by atoms with van der Waals surface area (Å²) in [5.74, 6) is 0. The Morgan fingerprint density at radius 3 is 2.50 bits per heavy atom. The molecule has 0 heterocycles. The second-order valence-electron chi connectivity index (χ2n) is 1.81. The minimum absolute atomic E-state index is 0.806. The van der Waals surface area contributed by atoms with Gasteiger partial charge in [0, 0.05) is 5.57 Å². The number of carbonyl (C=O) groups excluding carboxylic acids is 1. The molecule has 1 aliphatic rings. The minimum Gasteiger partial charge on any atom is -0.285 e. The Hall–Kier alpha value is -0.850. The maximum atomic E-state index is 9.93. The Labute approximate surface area is 48.7 Å². The Kier molecular flexibility index (Phi) is 1.29. The van der Waals surface area contributed by atoms with Gasteiger partial charge in [0.15, 0.2) is 0 Å². The molecular weight excluding hydrogens is 100 g/mol. The lowest BCUT2D eigenvalue weighted by Gasteiger charge is -2.13. The fourth-order valence-corrected chi connectivity index (χ4v) is 0.736. The average molecular weight is 107 g/mol. The van der Waals surface area contributed by atoms with E-state index in [1.165, 1.54) is 0 Å². The van der Waals surface area contributed by atoms with Crippen LogP contribution in [0.4, 0.5) is 0 Å². The van der Waals surface area contributed by atoms with Gasteiger partial charge in [0.25, 0.3) is 0 Å². The molecule has 1 heteroatoms. The number of rotatable bonds is 2. The number of hydrogen-bond acceptors (Lipinski definition) is 1. The minimum atomic E-state index is 0.806. The van der Waals surface area contributed by atoms with Crippen LogP contribution in [0, 0.1) is 0 Å². The molecule has 41 valence electrons. The molecule has 0 bridgehead atoms. The highest BCUT2D eigenvalue weighted by molar-refractivity contribution is 5.78. The summed E-state index contributed by atoms with van der Waals surface area (Å²) < 4.78 is 0. The molecular formula is C7H7O. The molecule has 0 spiro atoms. The van der Waals surface area contributed by atoms with Crippen LogP contribution in [0.2, 0.25) is 0 Å². The zero-order valence-corrected chi connectivity index (χ0v) is 4.61. The van der Waals surface area contributed by atoms with Crippen LogP contribution in [-0.2, 0) is 4.79 Å². The van der Waals surface area contributed by atoms with E-state index >= 15 is 0 Å². The maximum absolute atomic E-state index is 9.93. The first-order valence-corrected chi connectivity index (χ1v) is 2.61. The van der Waals surface area contributed by atoms with Gasteiger partial charge in [-0.05, 0) is 18.4 Å². The van der Waals surface area contributed by atoms with Crippen LogP contribution in [0.15, 0.2) is 23.8 Å². The normalized spacial score (nSPS) is 17.5. The molecule has 1 radical (unpaired) electrons. The zero-order valence-electron chi connectivity index (χ0n) is 4.61. The molecule has 8 heavy (non-hydrogen) atoms. The summed E-state index contributed by atoms with van der Waals surface area (Å²) in [6, 6.07) is 0. The Morgan fingerprint density at radius 1 is 1.62 bits per heavy atom. The van der Waals surface area contributed by atoms with E-state index in [4.69, 9.17) is 0 Å². The summed E-state index contributed by atoms with van der Waals surface area (Å²) >= 11 is 0. The third-order valence-corrected chi connectivity index (χ3v) is 1.40. The van der Waals surface area contributed by atoms with Crippen LogP contribution in [0.1, 0.15) is 12.8 Å². The Balaban J connectivity index is 2.76. The second kappa shape index (κ2) is 1.95. The SMILES string of the molecule is C=CC1=C([C]=O)CC1. The molecule has 0 aliphatic heterocycles. The van der Waals surface area contributed by atoms with Gasteiger partial charge >= 0.3 is 0 Å². The van der Waals surface area contributed by atoms with Crippen LogP contribution < -0.4 is 0 Å². The van der Waals surface area contributed by atoms with Gasteiger partial charge in [-0.15, -0.1) is 0 Å². The monoisotopic (exact) mass is 107 g/mol. The topological polar surface area (TPSA) is 17.1 Å². The van der Waals surface area contributed by atoms with Gasteiger partial charge in [-0.3, -0.25) is 4.79 Å². The highest BCUT2D eigenvalue weighted by Crippen LogP contribution is 2.25. The molecule has 1 rings (SSSR count). The Bertz CT molecular complexity index is 136. The van der Waals surface area contributed by atoms with Gasteiger partial charge in [0.1, 0.15) is 0 Å². The van der Waals surface area contributed by atoms with E-state index in [2.05, 4.69) is 6.58 Å².